The first-order chi connectivity index (χ1) is 12.1. The van der Waals surface area contributed by atoms with E-state index in [1.54, 1.807) is 17.8 Å². The van der Waals surface area contributed by atoms with E-state index in [-0.39, 0.29) is 5.91 Å². The van der Waals surface area contributed by atoms with Gasteiger partial charge in [-0.2, -0.15) is 5.10 Å². The molecular formula is C16H21N7OS. The topological polar surface area (TPSA) is 93.4 Å². The standard InChI is InChI=1S/C16H21N7OS/c1-4-23-11(2)18-21-16(23)25-9-7-17-15(24)13-10-12(19-20-13)14-6-5-8-22(14)3/h5-6,8,10H,4,7,9H2,1-3H3,(H,17,24)(H,19,20). The lowest BCUT2D eigenvalue weighted by Crippen LogP contribution is -2.26. The van der Waals surface area contributed by atoms with E-state index in [1.807, 2.05) is 41.4 Å². The van der Waals surface area contributed by atoms with Crippen LogP contribution in [0, 0.1) is 6.92 Å². The Morgan fingerprint density at radius 3 is 2.96 bits per heavy atom. The van der Waals surface area contributed by atoms with Crippen molar-refractivity contribution < 1.29 is 4.79 Å². The van der Waals surface area contributed by atoms with Crippen molar-refractivity contribution in [2.24, 2.45) is 7.05 Å². The van der Waals surface area contributed by atoms with E-state index in [9.17, 15) is 4.79 Å². The monoisotopic (exact) mass is 359 g/mol. The molecule has 0 saturated carbocycles. The SMILES string of the molecule is CCn1c(C)nnc1SCCNC(=O)c1cc(-c2cccn2C)n[nH]1. The maximum absolute atomic E-state index is 12.2. The smallest absolute Gasteiger partial charge is 0.269 e. The van der Waals surface area contributed by atoms with Crippen LogP contribution < -0.4 is 5.32 Å². The lowest BCUT2D eigenvalue weighted by Gasteiger charge is -2.05. The summed E-state index contributed by atoms with van der Waals surface area (Å²) in [5.41, 5.74) is 2.16. The van der Waals surface area contributed by atoms with Gasteiger partial charge in [-0.25, -0.2) is 0 Å². The molecule has 2 N–H and O–H groups in total. The van der Waals surface area contributed by atoms with Gasteiger partial charge < -0.3 is 14.5 Å². The Bertz CT molecular complexity index is 864. The number of aromatic nitrogens is 6. The Morgan fingerprint density at radius 1 is 1.40 bits per heavy atom. The van der Waals surface area contributed by atoms with Gasteiger partial charge >= 0.3 is 0 Å². The van der Waals surface area contributed by atoms with Crippen LogP contribution in [0.15, 0.2) is 29.6 Å². The van der Waals surface area contributed by atoms with E-state index < -0.39 is 0 Å². The molecule has 0 fully saturated rings. The number of hydrogen-bond acceptors (Lipinski definition) is 5. The molecule has 0 bridgehead atoms. The van der Waals surface area contributed by atoms with E-state index in [1.165, 1.54) is 0 Å². The van der Waals surface area contributed by atoms with E-state index in [0.717, 1.165) is 34.7 Å². The normalized spacial score (nSPS) is 11.0. The van der Waals surface area contributed by atoms with E-state index in [0.29, 0.717) is 12.2 Å². The second-order valence-corrected chi connectivity index (χ2v) is 6.61. The highest BCUT2D eigenvalue weighted by atomic mass is 32.2. The van der Waals surface area contributed by atoms with E-state index in [2.05, 4.69) is 32.6 Å². The Hall–Kier alpha value is -2.55. The van der Waals surface area contributed by atoms with Gasteiger partial charge in [0.25, 0.3) is 5.91 Å². The first-order valence-electron chi connectivity index (χ1n) is 8.08. The molecule has 9 heteroatoms. The molecule has 0 saturated heterocycles. The molecular weight excluding hydrogens is 338 g/mol. The predicted octanol–water partition coefficient (Wildman–Crippen LogP) is 1.86. The minimum atomic E-state index is -0.165. The summed E-state index contributed by atoms with van der Waals surface area (Å²) in [4.78, 5) is 12.2. The molecule has 0 aliphatic rings. The van der Waals surface area contributed by atoms with Gasteiger partial charge in [-0.05, 0) is 32.0 Å². The summed E-state index contributed by atoms with van der Waals surface area (Å²) in [5.74, 6) is 1.46. The van der Waals surface area contributed by atoms with Crippen molar-refractivity contribution in [1.82, 2.24) is 34.8 Å². The zero-order valence-corrected chi connectivity index (χ0v) is 15.3. The number of carbonyl (C=O) groups excluding carboxylic acids is 1. The van der Waals surface area contributed by atoms with Crippen molar-refractivity contribution in [3.8, 4) is 11.4 Å². The maximum Gasteiger partial charge on any atom is 0.269 e. The Morgan fingerprint density at radius 2 is 2.24 bits per heavy atom. The number of aromatic amines is 1. The molecule has 1 amide bonds. The zero-order valence-electron chi connectivity index (χ0n) is 14.5. The van der Waals surface area contributed by atoms with Crippen molar-refractivity contribution in [3.05, 3.63) is 35.9 Å². The summed E-state index contributed by atoms with van der Waals surface area (Å²) in [6.07, 6.45) is 1.94. The highest BCUT2D eigenvalue weighted by Gasteiger charge is 2.12. The van der Waals surface area contributed by atoms with Crippen LogP contribution in [-0.2, 0) is 13.6 Å². The molecule has 3 aromatic rings. The molecule has 0 aromatic carbocycles. The van der Waals surface area contributed by atoms with Gasteiger partial charge in [0.2, 0.25) is 0 Å². The average molecular weight is 359 g/mol. The number of nitrogens with one attached hydrogen (secondary N) is 2. The second-order valence-electron chi connectivity index (χ2n) is 5.55. The lowest BCUT2D eigenvalue weighted by atomic mass is 10.3. The van der Waals surface area contributed by atoms with Crippen molar-refractivity contribution in [2.45, 2.75) is 25.5 Å². The van der Waals surface area contributed by atoms with Gasteiger partial charge in [-0.15, -0.1) is 10.2 Å². The molecule has 0 radical (unpaired) electrons. The fraction of sp³-hybridized carbons (Fsp3) is 0.375. The van der Waals surface area contributed by atoms with Crippen LogP contribution in [0.4, 0.5) is 0 Å². The minimum absolute atomic E-state index is 0.165. The Labute approximate surface area is 150 Å². The summed E-state index contributed by atoms with van der Waals surface area (Å²) in [5, 5.41) is 19.0. The van der Waals surface area contributed by atoms with Crippen molar-refractivity contribution in [3.63, 3.8) is 0 Å². The Balaban J connectivity index is 1.51. The number of carbonyl (C=O) groups is 1. The lowest BCUT2D eigenvalue weighted by molar-refractivity contribution is 0.0951. The molecule has 3 heterocycles. The summed E-state index contributed by atoms with van der Waals surface area (Å²) < 4.78 is 4.01. The second kappa shape index (κ2) is 7.56. The highest BCUT2D eigenvalue weighted by molar-refractivity contribution is 7.99. The summed E-state index contributed by atoms with van der Waals surface area (Å²) in [6.45, 7) is 5.37. The number of H-pyrrole nitrogens is 1. The Kier molecular flexibility index (Phi) is 5.22. The summed E-state index contributed by atoms with van der Waals surface area (Å²) in [7, 11) is 1.94. The fourth-order valence-electron chi connectivity index (χ4n) is 2.53. The number of aryl methyl sites for hydroxylation is 2. The largest absolute Gasteiger partial charge is 0.350 e. The van der Waals surface area contributed by atoms with E-state index in [4.69, 9.17) is 0 Å². The highest BCUT2D eigenvalue weighted by Crippen LogP contribution is 2.18. The number of rotatable bonds is 7. The molecule has 3 rings (SSSR count). The average Bonchev–Trinajstić information content (AvgIpc) is 3.31. The van der Waals surface area contributed by atoms with Crippen LogP contribution in [0.3, 0.4) is 0 Å². The first kappa shape index (κ1) is 17.3. The van der Waals surface area contributed by atoms with Gasteiger partial charge in [-0.3, -0.25) is 9.89 Å². The van der Waals surface area contributed by atoms with Crippen LogP contribution in [0.5, 0.6) is 0 Å². The minimum Gasteiger partial charge on any atom is -0.350 e. The molecule has 3 aromatic heterocycles. The molecule has 25 heavy (non-hydrogen) atoms. The predicted molar refractivity (Wildman–Crippen MR) is 96.5 cm³/mol. The van der Waals surface area contributed by atoms with Crippen molar-refractivity contribution in [1.29, 1.82) is 0 Å². The van der Waals surface area contributed by atoms with Gasteiger partial charge in [-0.1, -0.05) is 11.8 Å². The van der Waals surface area contributed by atoms with E-state index >= 15 is 0 Å². The van der Waals surface area contributed by atoms with Gasteiger partial charge in [0.15, 0.2) is 5.16 Å². The number of thioether (sulfide) groups is 1. The third kappa shape index (κ3) is 3.76. The van der Waals surface area contributed by atoms with Gasteiger partial charge in [0.05, 0.1) is 5.69 Å². The molecule has 0 aliphatic carbocycles. The van der Waals surface area contributed by atoms with Crippen LogP contribution in [-0.4, -0.2) is 47.7 Å². The van der Waals surface area contributed by atoms with Crippen molar-refractivity contribution >= 4 is 17.7 Å². The third-order valence-electron chi connectivity index (χ3n) is 3.87. The van der Waals surface area contributed by atoms with Crippen LogP contribution in [0.2, 0.25) is 0 Å². The molecule has 8 nitrogen and oxygen atoms in total. The van der Waals surface area contributed by atoms with Gasteiger partial charge in [0.1, 0.15) is 17.2 Å². The molecule has 132 valence electrons. The number of amides is 1. The van der Waals surface area contributed by atoms with Crippen LogP contribution in [0.25, 0.3) is 11.4 Å². The summed E-state index contributed by atoms with van der Waals surface area (Å²) in [6, 6.07) is 5.66. The zero-order chi connectivity index (χ0) is 17.8. The maximum atomic E-state index is 12.2. The number of hydrogen-bond donors (Lipinski definition) is 2. The fourth-order valence-corrected chi connectivity index (χ4v) is 3.43. The molecule has 0 atom stereocenters. The van der Waals surface area contributed by atoms with Gasteiger partial charge in [0, 0.05) is 32.1 Å². The molecule has 0 unspecified atom stereocenters. The molecule has 0 spiro atoms. The number of nitrogens with zero attached hydrogens (tertiary/aromatic N) is 5. The van der Waals surface area contributed by atoms with Crippen LogP contribution in [0.1, 0.15) is 23.2 Å². The summed E-state index contributed by atoms with van der Waals surface area (Å²) >= 11 is 1.58. The van der Waals surface area contributed by atoms with Crippen LogP contribution >= 0.6 is 11.8 Å². The molecule has 0 aliphatic heterocycles. The van der Waals surface area contributed by atoms with Crippen molar-refractivity contribution in [2.75, 3.05) is 12.3 Å². The first-order valence-corrected chi connectivity index (χ1v) is 9.06. The quantitative estimate of drug-likeness (QED) is 0.496. The third-order valence-corrected chi connectivity index (χ3v) is 4.83.